The van der Waals surface area contributed by atoms with E-state index >= 15 is 0 Å². The average molecular weight is 461 g/mol. The van der Waals surface area contributed by atoms with Crippen LogP contribution in [0.15, 0.2) is 46.0 Å². The summed E-state index contributed by atoms with van der Waals surface area (Å²) in [6, 6.07) is 7.06. The number of nitrogens with zero attached hydrogens (tertiary/aromatic N) is 2. The number of alkyl halides is 3. The third-order valence-electron chi connectivity index (χ3n) is 4.32. The average Bonchev–Trinajstić information content (AvgIpc) is 2.64. The molecular formula is C20H17ClF4N2O4. The van der Waals surface area contributed by atoms with Crippen LogP contribution in [-0.4, -0.2) is 26.2 Å². The van der Waals surface area contributed by atoms with Gasteiger partial charge in [0.1, 0.15) is 5.75 Å². The minimum absolute atomic E-state index is 0.136. The van der Waals surface area contributed by atoms with Crippen LogP contribution in [0.25, 0.3) is 10.9 Å². The number of rotatable bonds is 5. The van der Waals surface area contributed by atoms with Gasteiger partial charge in [-0.3, -0.25) is 13.9 Å². The Morgan fingerprint density at radius 2 is 1.65 bits per heavy atom. The molecule has 3 aromatic rings. The van der Waals surface area contributed by atoms with Gasteiger partial charge in [0.05, 0.1) is 34.6 Å². The Balaban J connectivity index is 2.14. The number of hydrogen-bond donors (Lipinski definition) is 1. The summed E-state index contributed by atoms with van der Waals surface area (Å²) in [6.45, 7) is 2.18. The van der Waals surface area contributed by atoms with E-state index < -0.39 is 34.8 Å². The van der Waals surface area contributed by atoms with Crippen molar-refractivity contribution in [2.75, 3.05) is 0 Å². The molecule has 31 heavy (non-hydrogen) atoms. The molecule has 0 saturated heterocycles. The van der Waals surface area contributed by atoms with Gasteiger partial charge in [-0.1, -0.05) is 23.7 Å². The highest BCUT2D eigenvalue weighted by atomic mass is 35.5. The quantitative estimate of drug-likeness (QED) is 0.590. The SMILES string of the molecule is CC(C)(O)Cn1c(=O)n(Cc2ccc(OC(F)(F)F)cc2)c(=O)c2ccc(Cl)c(F)c21. The summed E-state index contributed by atoms with van der Waals surface area (Å²) in [4.78, 5) is 25.9. The lowest BCUT2D eigenvalue weighted by Gasteiger charge is -2.22. The predicted molar refractivity (Wildman–Crippen MR) is 106 cm³/mol. The van der Waals surface area contributed by atoms with Crippen molar-refractivity contribution in [2.24, 2.45) is 0 Å². The lowest BCUT2D eigenvalue weighted by atomic mass is 10.1. The van der Waals surface area contributed by atoms with Crippen LogP contribution in [0.3, 0.4) is 0 Å². The molecule has 1 N–H and O–H groups in total. The highest BCUT2D eigenvalue weighted by molar-refractivity contribution is 6.31. The van der Waals surface area contributed by atoms with E-state index in [9.17, 15) is 32.3 Å². The largest absolute Gasteiger partial charge is 0.573 e. The van der Waals surface area contributed by atoms with Gasteiger partial charge in [0.15, 0.2) is 5.82 Å². The van der Waals surface area contributed by atoms with Gasteiger partial charge in [-0.05, 0) is 43.7 Å². The second kappa shape index (κ2) is 8.01. The molecule has 1 heterocycles. The molecule has 2 aromatic carbocycles. The molecule has 0 saturated carbocycles. The van der Waals surface area contributed by atoms with E-state index in [1.165, 1.54) is 38.1 Å². The van der Waals surface area contributed by atoms with Gasteiger partial charge < -0.3 is 9.84 Å². The van der Waals surface area contributed by atoms with E-state index in [4.69, 9.17) is 11.6 Å². The predicted octanol–water partition coefficient (Wildman–Crippen LogP) is 3.67. The zero-order chi connectivity index (χ0) is 23.1. The van der Waals surface area contributed by atoms with Gasteiger partial charge in [0, 0.05) is 0 Å². The number of aromatic nitrogens is 2. The fourth-order valence-electron chi connectivity index (χ4n) is 3.10. The Morgan fingerprint density at radius 3 is 2.19 bits per heavy atom. The number of benzene rings is 2. The molecule has 3 rings (SSSR count). The Kier molecular flexibility index (Phi) is 5.90. The number of halogens is 5. The van der Waals surface area contributed by atoms with Gasteiger partial charge in [0.2, 0.25) is 0 Å². The molecule has 0 spiro atoms. The second-order valence-corrected chi connectivity index (χ2v) is 7.93. The number of fused-ring (bicyclic) bond motifs is 1. The summed E-state index contributed by atoms with van der Waals surface area (Å²) in [5.74, 6) is -1.43. The van der Waals surface area contributed by atoms with Gasteiger partial charge in [-0.2, -0.15) is 0 Å². The van der Waals surface area contributed by atoms with Gasteiger partial charge >= 0.3 is 12.1 Å². The van der Waals surface area contributed by atoms with Crippen molar-refractivity contribution >= 4 is 22.5 Å². The third-order valence-corrected chi connectivity index (χ3v) is 4.61. The van der Waals surface area contributed by atoms with Crippen LogP contribution < -0.4 is 16.0 Å². The Morgan fingerprint density at radius 1 is 1.03 bits per heavy atom. The summed E-state index contributed by atoms with van der Waals surface area (Å²) in [5, 5.41) is 9.75. The molecule has 0 aliphatic carbocycles. The molecule has 166 valence electrons. The Bertz CT molecular complexity index is 1240. The summed E-state index contributed by atoms with van der Waals surface area (Å²) < 4.78 is 57.2. The lowest BCUT2D eigenvalue weighted by Crippen LogP contribution is -2.43. The fraction of sp³-hybridized carbons (Fsp3) is 0.300. The smallest absolute Gasteiger partial charge is 0.406 e. The third kappa shape index (κ3) is 5.08. The van der Waals surface area contributed by atoms with E-state index in [0.29, 0.717) is 5.56 Å². The lowest BCUT2D eigenvalue weighted by molar-refractivity contribution is -0.274. The molecule has 11 heteroatoms. The maximum atomic E-state index is 14.7. The zero-order valence-corrected chi connectivity index (χ0v) is 17.1. The van der Waals surface area contributed by atoms with E-state index in [0.717, 1.165) is 21.3 Å². The molecule has 0 fully saturated rings. The van der Waals surface area contributed by atoms with Gasteiger partial charge in [-0.15, -0.1) is 13.2 Å². The van der Waals surface area contributed by atoms with Crippen LogP contribution in [0.4, 0.5) is 17.6 Å². The number of hydrogen-bond acceptors (Lipinski definition) is 4. The molecule has 0 unspecified atom stereocenters. The number of aliphatic hydroxyl groups is 1. The van der Waals surface area contributed by atoms with Crippen molar-refractivity contribution in [2.45, 2.75) is 38.9 Å². The standard InChI is InChI=1S/C20H17ClF4N2O4/c1-19(2,30)10-27-16-13(7-8-14(21)15(16)22)17(28)26(18(27)29)9-11-3-5-12(6-4-11)31-20(23,24)25/h3-8,30H,9-10H2,1-2H3. The van der Waals surface area contributed by atoms with Crippen LogP contribution in [0.5, 0.6) is 5.75 Å². The first-order chi connectivity index (χ1) is 14.3. The first-order valence-corrected chi connectivity index (χ1v) is 9.33. The highest BCUT2D eigenvalue weighted by Crippen LogP contribution is 2.24. The molecular weight excluding hydrogens is 444 g/mol. The Hall–Kier alpha value is -2.85. The maximum Gasteiger partial charge on any atom is 0.573 e. The van der Waals surface area contributed by atoms with Crippen molar-refractivity contribution < 1.29 is 27.4 Å². The van der Waals surface area contributed by atoms with Crippen molar-refractivity contribution in [3.8, 4) is 5.75 Å². The molecule has 6 nitrogen and oxygen atoms in total. The van der Waals surface area contributed by atoms with Crippen LogP contribution in [0, 0.1) is 5.82 Å². The topological polar surface area (TPSA) is 73.5 Å². The molecule has 0 atom stereocenters. The van der Waals surface area contributed by atoms with Crippen molar-refractivity contribution in [1.82, 2.24) is 9.13 Å². The summed E-state index contributed by atoms with van der Waals surface area (Å²) in [5.41, 5.74) is -3.15. The minimum Gasteiger partial charge on any atom is -0.406 e. The number of ether oxygens (including phenoxy) is 1. The molecule has 0 aliphatic heterocycles. The Labute approximate surface area is 177 Å². The first-order valence-electron chi connectivity index (χ1n) is 8.95. The zero-order valence-electron chi connectivity index (χ0n) is 16.3. The van der Waals surface area contributed by atoms with E-state index in [2.05, 4.69) is 4.74 Å². The van der Waals surface area contributed by atoms with Crippen LogP contribution >= 0.6 is 11.6 Å². The van der Waals surface area contributed by atoms with E-state index in [1.807, 2.05) is 0 Å². The summed E-state index contributed by atoms with van der Waals surface area (Å²) >= 11 is 5.81. The molecule has 0 bridgehead atoms. The monoisotopic (exact) mass is 460 g/mol. The summed E-state index contributed by atoms with van der Waals surface area (Å²) in [6.07, 6.45) is -4.85. The molecule has 0 radical (unpaired) electrons. The summed E-state index contributed by atoms with van der Waals surface area (Å²) in [7, 11) is 0. The van der Waals surface area contributed by atoms with Crippen LogP contribution in [0.1, 0.15) is 19.4 Å². The highest BCUT2D eigenvalue weighted by Gasteiger charge is 2.31. The molecule has 0 amide bonds. The molecule has 1 aromatic heterocycles. The second-order valence-electron chi connectivity index (χ2n) is 7.52. The van der Waals surface area contributed by atoms with E-state index in [-0.39, 0.29) is 29.0 Å². The van der Waals surface area contributed by atoms with Crippen LogP contribution in [-0.2, 0) is 13.1 Å². The minimum atomic E-state index is -4.85. The van der Waals surface area contributed by atoms with Gasteiger partial charge in [0.25, 0.3) is 5.56 Å². The van der Waals surface area contributed by atoms with Crippen molar-refractivity contribution in [3.63, 3.8) is 0 Å². The van der Waals surface area contributed by atoms with Crippen molar-refractivity contribution in [1.29, 1.82) is 0 Å². The molecule has 0 aliphatic rings. The van der Waals surface area contributed by atoms with Crippen molar-refractivity contribution in [3.05, 3.63) is 73.6 Å². The maximum absolute atomic E-state index is 14.7. The van der Waals surface area contributed by atoms with Gasteiger partial charge in [-0.25, -0.2) is 9.18 Å². The normalized spacial score (nSPS) is 12.4. The fourth-order valence-corrected chi connectivity index (χ4v) is 3.25. The first kappa shape index (κ1) is 22.8. The van der Waals surface area contributed by atoms with E-state index in [1.54, 1.807) is 0 Å². The van der Waals surface area contributed by atoms with Crippen LogP contribution in [0.2, 0.25) is 5.02 Å².